The third kappa shape index (κ3) is 9.70. The molecule has 2 aliphatic heterocycles. The number of carbonyl (C=O) groups excluding carboxylic acids is 1. The standard InChI is InChI=1S/C45H51ClN2O12/c1-24(15-16-56-34-14-12-27(18-32(34)46)20-48(3)21-29-9-6-8-28-7-4-5-10-31(28)29)41-39(53)40(54)45(60-41)57-22-30-13-11-26(19-33(30)49)17-25(2)44(55)47-35-36(50)38(52)43-42(37(35)51)58-23-59-43/h4-15,17-19,35-43,45,49-54H,16,20-23H2,1-3H3,(H,47,55)/b24-15+,25-17+/t35?,36-,37+,38+,39-,40-,41+,42-,43+,45+/m0/s1. The number of amides is 1. The number of ether oxygens (including phenoxy) is 5. The lowest BCUT2D eigenvalue weighted by Gasteiger charge is -2.41. The number of phenols is 1. The van der Waals surface area contributed by atoms with Crippen LogP contribution in [0.2, 0.25) is 5.02 Å². The number of hydrogen-bond acceptors (Lipinski definition) is 13. The molecule has 2 saturated heterocycles. The second kappa shape index (κ2) is 19.1. The molecule has 15 heteroatoms. The highest BCUT2D eigenvalue weighted by Crippen LogP contribution is 2.32. The number of phenolic OH excluding ortho intramolecular Hbond substituents is 1. The summed E-state index contributed by atoms with van der Waals surface area (Å²) in [6, 6.07) is 23.8. The minimum absolute atomic E-state index is 0.134. The number of carbonyl (C=O) groups is 1. The Morgan fingerprint density at radius 3 is 2.38 bits per heavy atom. The van der Waals surface area contributed by atoms with Gasteiger partial charge in [-0.15, -0.1) is 0 Å². The summed E-state index contributed by atoms with van der Waals surface area (Å²) in [6.07, 6.45) is -7.48. The fourth-order valence-electron chi connectivity index (χ4n) is 7.89. The van der Waals surface area contributed by atoms with Crippen molar-refractivity contribution >= 4 is 34.4 Å². The van der Waals surface area contributed by atoms with Crippen molar-refractivity contribution in [2.24, 2.45) is 0 Å². The Balaban J connectivity index is 0.878. The number of aliphatic hydroxyl groups is 5. The molecule has 4 aromatic rings. The first kappa shape index (κ1) is 43.7. The lowest BCUT2D eigenvalue weighted by molar-refractivity contribution is -0.168. The maximum atomic E-state index is 13.0. The van der Waals surface area contributed by atoms with Gasteiger partial charge in [0.25, 0.3) is 0 Å². The zero-order valence-corrected chi connectivity index (χ0v) is 34.2. The predicted molar refractivity (Wildman–Crippen MR) is 222 cm³/mol. The van der Waals surface area contributed by atoms with Crippen LogP contribution in [0.25, 0.3) is 16.8 Å². The summed E-state index contributed by atoms with van der Waals surface area (Å²) in [7, 11) is 2.07. The monoisotopic (exact) mass is 846 g/mol. The second-order valence-corrected chi connectivity index (χ2v) is 16.0. The Labute approximate surface area is 352 Å². The average Bonchev–Trinajstić information content (AvgIpc) is 3.84. The van der Waals surface area contributed by atoms with Crippen LogP contribution in [-0.2, 0) is 43.4 Å². The van der Waals surface area contributed by atoms with Gasteiger partial charge in [-0.25, -0.2) is 0 Å². The molecule has 2 heterocycles. The molecule has 4 aromatic carbocycles. The third-order valence-corrected chi connectivity index (χ3v) is 11.5. The van der Waals surface area contributed by atoms with Crippen LogP contribution >= 0.6 is 11.6 Å². The molecule has 7 N–H and O–H groups in total. The molecule has 0 bridgehead atoms. The summed E-state index contributed by atoms with van der Waals surface area (Å²) in [5, 5.41) is 69.3. The van der Waals surface area contributed by atoms with Gasteiger partial charge in [-0.2, -0.15) is 0 Å². The molecule has 0 radical (unpaired) electrons. The fraction of sp³-hybridized carbons (Fsp3) is 0.400. The Morgan fingerprint density at radius 2 is 1.62 bits per heavy atom. The van der Waals surface area contributed by atoms with Crippen LogP contribution in [0.15, 0.2) is 96.1 Å². The van der Waals surface area contributed by atoms with E-state index in [1.165, 1.54) is 35.4 Å². The molecule has 0 spiro atoms. The molecule has 7 rings (SSSR count). The molecule has 0 aromatic heterocycles. The van der Waals surface area contributed by atoms with Crippen LogP contribution in [0.1, 0.15) is 36.1 Å². The summed E-state index contributed by atoms with van der Waals surface area (Å²) in [4.78, 5) is 15.2. The van der Waals surface area contributed by atoms with Crippen LogP contribution in [0.3, 0.4) is 0 Å². The van der Waals surface area contributed by atoms with Crippen LogP contribution in [-0.4, -0.2) is 123 Å². The van der Waals surface area contributed by atoms with E-state index in [4.69, 9.17) is 35.3 Å². The highest BCUT2D eigenvalue weighted by molar-refractivity contribution is 6.32. The number of nitrogens with zero attached hydrogens (tertiary/aromatic N) is 1. The van der Waals surface area contributed by atoms with Gasteiger partial charge in [0.1, 0.15) is 73.7 Å². The van der Waals surface area contributed by atoms with Crippen molar-refractivity contribution in [2.75, 3.05) is 20.4 Å². The van der Waals surface area contributed by atoms with E-state index in [1.807, 2.05) is 24.3 Å². The molecule has 1 unspecified atom stereocenters. The quantitative estimate of drug-likeness (QED) is 0.0719. The first-order chi connectivity index (χ1) is 28.8. The maximum Gasteiger partial charge on any atom is 0.247 e. The number of nitrogens with one attached hydrogen (secondary N) is 1. The van der Waals surface area contributed by atoms with Crippen molar-refractivity contribution in [1.82, 2.24) is 10.2 Å². The topological polar surface area (TPSA) is 200 Å². The van der Waals surface area contributed by atoms with Gasteiger partial charge in [0.15, 0.2) is 6.29 Å². The molecule has 3 fully saturated rings. The lowest BCUT2D eigenvalue weighted by atomic mass is 9.83. The molecule has 1 aliphatic carbocycles. The number of hydrogen-bond donors (Lipinski definition) is 7. The van der Waals surface area contributed by atoms with E-state index >= 15 is 0 Å². The largest absolute Gasteiger partial charge is 0.508 e. The van der Waals surface area contributed by atoms with Crippen molar-refractivity contribution < 1.29 is 59.1 Å². The van der Waals surface area contributed by atoms with Gasteiger partial charge in [0.05, 0.1) is 17.7 Å². The molecule has 14 nitrogen and oxygen atoms in total. The minimum Gasteiger partial charge on any atom is -0.508 e. The van der Waals surface area contributed by atoms with E-state index in [1.54, 1.807) is 25.1 Å². The zero-order valence-electron chi connectivity index (χ0n) is 33.4. The van der Waals surface area contributed by atoms with Gasteiger partial charge in [-0.1, -0.05) is 72.3 Å². The number of halogens is 1. The second-order valence-electron chi connectivity index (χ2n) is 15.6. The first-order valence-electron chi connectivity index (χ1n) is 19.7. The summed E-state index contributed by atoms with van der Waals surface area (Å²) in [5.41, 5.74) is 3.93. The summed E-state index contributed by atoms with van der Waals surface area (Å²) < 4.78 is 28.2. The van der Waals surface area contributed by atoms with E-state index in [0.29, 0.717) is 34.0 Å². The maximum absolute atomic E-state index is 13.0. The van der Waals surface area contributed by atoms with Crippen molar-refractivity contribution in [3.63, 3.8) is 0 Å². The smallest absolute Gasteiger partial charge is 0.247 e. The van der Waals surface area contributed by atoms with Crippen LogP contribution in [0.4, 0.5) is 0 Å². The molecular weight excluding hydrogens is 796 g/mol. The van der Waals surface area contributed by atoms with E-state index in [0.717, 1.165) is 12.1 Å². The number of benzene rings is 4. The number of fused-ring (bicyclic) bond motifs is 2. The van der Waals surface area contributed by atoms with Crippen LogP contribution in [0.5, 0.6) is 11.5 Å². The minimum atomic E-state index is -1.49. The third-order valence-electron chi connectivity index (χ3n) is 11.2. The molecule has 60 heavy (non-hydrogen) atoms. The van der Waals surface area contributed by atoms with E-state index in [2.05, 4.69) is 53.7 Å². The van der Waals surface area contributed by atoms with Crippen LogP contribution in [0, 0.1) is 0 Å². The Kier molecular flexibility index (Phi) is 13.9. The molecular formula is C45H51ClN2O12. The molecule has 3 aliphatic rings. The van der Waals surface area contributed by atoms with Gasteiger partial charge in [-0.05, 0) is 84.3 Å². The van der Waals surface area contributed by atoms with Gasteiger partial charge in [0, 0.05) is 24.2 Å². The first-order valence-corrected chi connectivity index (χ1v) is 20.1. The van der Waals surface area contributed by atoms with E-state index in [9.17, 15) is 35.4 Å². The van der Waals surface area contributed by atoms with Crippen molar-refractivity contribution in [3.8, 4) is 11.5 Å². The normalized spacial score (nSPS) is 28.3. The Hall–Kier alpha value is -4.42. The highest BCUT2D eigenvalue weighted by Gasteiger charge is 2.53. The van der Waals surface area contributed by atoms with Gasteiger partial charge >= 0.3 is 0 Å². The SMILES string of the molecule is C/C(=C\c1ccc(CO[C@@H]2O[C@H](/C(C)=C/COc3ccc(CN(C)Cc4cccc5ccccc45)cc3Cl)[C@@H](O)[C@@H]2O)c(O)c1)C(=O)NC1[C@@H](O)[C@@H]2OCO[C@@H]2[C@H](O)[C@H]1O. The molecule has 1 saturated carbocycles. The number of rotatable bonds is 14. The van der Waals surface area contributed by atoms with E-state index in [-0.39, 0.29) is 31.3 Å². The fourth-order valence-corrected chi connectivity index (χ4v) is 8.15. The van der Waals surface area contributed by atoms with Crippen molar-refractivity contribution in [1.29, 1.82) is 0 Å². The molecule has 10 atom stereocenters. The Bertz CT molecular complexity index is 2210. The van der Waals surface area contributed by atoms with Crippen molar-refractivity contribution in [2.45, 2.75) is 94.7 Å². The Morgan fingerprint density at radius 1 is 0.867 bits per heavy atom. The number of aliphatic hydroxyl groups excluding tert-OH is 5. The van der Waals surface area contributed by atoms with Crippen molar-refractivity contribution in [3.05, 3.63) is 123 Å². The summed E-state index contributed by atoms with van der Waals surface area (Å²) in [6.45, 7) is 4.56. The van der Waals surface area contributed by atoms with Gasteiger partial charge in [-0.3, -0.25) is 9.69 Å². The van der Waals surface area contributed by atoms with E-state index < -0.39 is 67.1 Å². The molecule has 320 valence electrons. The van der Waals surface area contributed by atoms with Crippen LogP contribution < -0.4 is 10.1 Å². The predicted octanol–water partition coefficient (Wildman–Crippen LogP) is 3.55. The number of aromatic hydroxyl groups is 1. The molecule has 1 amide bonds. The highest BCUT2D eigenvalue weighted by atomic mass is 35.5. The average molecular weight is 847 g/mol. The lowest BCUT2D eigenvalue weighted by Crippen LogP contribution is -2.67. The van der Waals surface area contributed by atoms with Gasteiger partial charge in [0.2, 0.25) is 5.91 Å². The summed E-state index contributed by atoms with van der Waals surface area (Å²) in [5.74, 6) is -0.264. The van der Waals surface area contributed by atoms with Gasteiger partial charge < -0.3 is 59.6 Å². The summed E-state index contributed by atoms with van der Waals surface area (Å²) >= 11 is 6.61. The zero-order chi connectivity index (χ0) is 42.7.